The second-order valence-corrected chi connectivity index (χ2v) is 9.91. The fraction of sp³-hybridized carbons (Fsp3) is 0.526. The van der Waals surface area contributed by atoms with Gasteiger partial charge in [-0.3, -0.25) is 9.59 Å². The van der Waals surface area contributed by atoms with E-state index in [9.17, 15) is 22.8 Å². The number of anilines is 1. The van der Waals surface area contributed by atoms with E-state index in [1.807, 2.05) is 0 Å². The molecule has 0 radical (unpaired) electrons. The predicted octanol–water partition coefficient (Wildman–Crippen LogP) is 1.91. The first-order chi connectivity index (χ1) is 14.0. The molecule has 0 aromatic heterocycles. The van der Waals surface area contributed by atoms with Gasteiger partial charge in [0.2, 0.25) is 15.9 Å². The van der Waals surface area contributed by atoms with E-state index in [2.05, 4.69) is 10.6 Å². The maximum Gasteiger partial charge on any atom is 0.332 e. The Morgan fingerprint density at radius 1 is 1.17 bits per heavy atom. The van der Waals surface area contributed by atoms with Gasteiger partial charge >= 0.3 is 5.97 Å². The van der Waals surface area contributed by atoms with E-state index < -0.39 is 34.0 Å². The van der Waals surface area contributed by atoms with Gasteiger partial charge in [-0.1, -0.05) is 30.9 Å². The Labute approximate surface area is 181 Å². The highest BCUT2D eigenvalue weighted by Crippen LogP contribution is 2.30. The summed E-state index contributed by atoms with van der Waals surface area (Å²) in [6, 6.07) is 4.03. The van der Waals surface area contributed by atoms with Gasteiger partial charge in [-0.05, 0) is 31.0 Å². The summed E-state index contributed by atoms with van der Waals surface area (Å²) < 4.78 is 30.8. The summed E-state index contributed by atoms with van der Waals surface area (Å²) >= 11 is 5.98. The molecule has 9 nitrogen and oxygen atoms in total. The van der Waals surface area contributed by atoms with Crippen molar-refractivity contribution in [2.24, 2.45) is 0 Å². The van der Waals surface area contributed by atoms with E-state index in [-0.39, 0.29) is 21.5 Å². The Morgan fingerprint density at radius 3 is 2.37 bits per heavy atom. The summed E-state index contributed by atoms with van der Waals surface area (Å²) in [5, 5.41) is 5.18. The molecule has 1 fully saturated rings. The van der Waals surface area contributed by atoms with E-state index in [1.54, 1.807) is 0 Å². The summed E-state index contributed by atoms with van der Waals surface area (Å²) in [4.78, 5) is 36.2. The average molecular weight is 460 g/mol. The number of esters is 1. The third-order valence-electron chi connectivity index (χ3n) is 4.82. The summed E-state index contributed by atoms with van der Waals surface area (Å²) in [5.41, 5.74) is -0.924. The van der Waals surface area contributed by atoms with Crippen molar-refractivity contribution in [3.8, 4) is 0 Å². The summed E-state index contributed by atoms with van der Waals surface area (Å²) in [6.07, 6.45) is 3.42. The van der Waals surface area contributed by atoms with E-state index in [1.165, 1.54) is 39.2 Å². The fourth-order valence-electron chi connectivity index (χ4n) is 3.31. The van der Waals surface area contributed by atoms with Crippen molar-refractivity contribution < 1.29 is 27.5 Å². The fourth-order valence-corrected chi connectivity index (χ4v) is 4.71. The molecule has 1 aliphatic carbocycles. The van der Waals surface area contributed by atoms with Crippen LogP contribution in [0.25, 0.3) is 0 Å². The van der Waals surface area contributed by atoms with E-state index in [4.69, 9.17) is 16.3 Å². The van der Waals surface area contributed by atoms with Crippen LogP contribution < -0.4 is 10.6 Å². The highest BCUT2D eigenvalue weighted by atomic mass is 35.5. The molecule has 2 amide bonds. The first-order valence-electron chi connectivity index (χ1n) is 9.46. The van der Waals surface area contributed by atoms with E-state index in [0.717, 1.165) is 23.6 Å². The van der Waals surface area contributed by atoms with Crippen LogP contribution in [-0.4, -0.2) is 56.7 Å². The molecule has 30 heavy (non-hydrogen) atoms. The van der Waals surface area contributed by atoms with Gasteiger partial charge in [0.15, 0.2) is 6.61 Å². The topological polar surface area (TPSA) is 122 Å². The molecule has 1 aliphatic rings. The zero-order valence-electron chi connectivity index (χ0n) is 17.2. The highest BCUT2D eigenvalue weighted by molar-refractivity contribution is 7.89. The number of sulfonamides is 1. The first kappa shape index (κ1) is 24.1. The minimum Gasteiger partial charge on any atom is -0.454 e. The van der Waals surface area contributed by atoms with Crippen molar-refractivity contribution >= 4 is 45.1 Å². The highest BCUT2D eigenvalue weighted by Gasteiger charge is 2.42. The molecule has 0 spiro atoms. The average Bonchev–Trinajstić information content (AvgIpc) is 2.67. The maximum absolute atomic E-state index is 12.6. The number of hydrogen-bond acceptors (Lipinski definition) is 6. The lowest BCUT2D eigenvalue weighted by atomic mass is 9.81. The first-order valence-corrected chi connectivity index (χ1v) is 11.3. The van der Waals surface area contributed by atoms with E-state index >= 15 is 0 Å². The minimum atomic E-state index is -3.80. The number of ether oxygens (including phenoxy) is 1. The number of amides is 2. The number of nitrogens with zero attached hydrogens (tertiary/aromatic N) is 1. The largest absolute Gasteiger partial charge is 0.454 e. The normalized spacial score (nSPS) is 16.0. The monoisotopic (exact) mass is 459 g/mol. The maximum atomic E-state index is 12.6. The lowest BCUT2D eigenvalue weighted by Gasteiger charge is -2.35. The Morgan fingerprint density at radius 2 is 1.80 bits per heavy atom. The molecule has 0 atom stereocenters. The van der Waals surface area contributed by atoms with Crippen LogP contribution in [0.1, 0.15) is 39.0 Å². The molecule has 0 bridgehead atoms. The number of carbonyl (C=O) groups is 3. The third-order valence-corrected chi connectivity index (χ3v) is 7.12. The van der Waals surface area contributed by atoms with Crippen LogP contribution in [0.2, 0.25) is 5.02 Å². The molecule has 1 aromatic rings. The van der Waals surface area contributed by atoms with Gasteiger partial charge in [-0.2, -0.15) is 0 Å². The lowest BCUT2D eigenvalue weighted by Crippen LogP contribution is -2.56. The number of rotatable bonds is 7. The number of benzene rings is 1. The summed E-state index contributed by atoms with van der Waals surface area (Å²) in [6.45, 7) is 0.759. The van der Waals surface area contributed by atoms with Gasteiger partial charge < -0.3 is 15.4 Å². The van der Waals surface area contributed by atoms with Gasteiger partial charge in [-0.25, -0.2) is 17.5 Å². The van der Waals surface area contributed by atoms with Crippen LogP contribution in [0.15, 0.2) is 23.1 Å². The van der Waals surface area contributed by atoms with Gasteiger partial charge in [0.1, 0.15) is 10.4 Å². The zero-order valence-corrected chi connectivity index (χ0v) is 18.7. The summed E-state index contributed by atoms with van der Waals surface area (Å²) in [5.74, 6) is -1.64. The number of halogens is 1. The molecule has 11 heteroatoms. The zero-order chi connectivity index (χ0) is 22.5. The predicted molar refractivity (Wildman–Crippen MR) is 112 cm³/mol. The van der Waals surface area contributed by atoms with Gasteiger partial charge in [0, 0.05) is 26.7 Å². The van der Waals surface area contributed by atoms with Crippen LogP contribution in [0.3, 0.4) is 0 Å². The second-order valence-electron chi connectivity index (χ2n) is 7.38. The number of hydrogen-bond donors (Lipinski definition) is 2. The van der Waals surface area contributed by atoms with Crippen LogP contribution in [0.5, 0.6) is 0 Å². The minimum absolute atomic E-state index is 0.0164. The lowest BCUT2D eigenvalue weighted by molar-refractivity contribution is -0.157. The smallest absolute Gasteiger partial charge is 0.332 e. The van der Waals surface area contributed by atoms with Crippen molar-refractivity contribution in [2.45, 2.75) is 49.5 Å². The van der Waals surface area contributed by atoms with Gasteiger partial charge in [0.05, 0.1) is 5.02 Å². The number of carbonyl (C=O) groups excluding carboxylic acids is 3. The Hall–Kier alpha value is -2.17. The molecule has 0 heterocycles. The van der Waals surface area contributed by atoms with Crippen molar-refractivity contribution in [1.29, 1.82) is 0 Å². The third kappa shape index (κ3) is 5.71. The number of nitrogens with one attached hydrogen (secondary N) is 2. The van der Waals surface area contributed by atoms with Gasteiger partial charge in [-0.15, -0.1) is 0 Å². The molecule has 2 N–H and O–H groups in total. The van der Waals surface area contributed by atoms with Crippen LogP contribution in [0.4, 0.5) is 5.69 Å². The van der Waals surface area contributed by atoms with Crippen molar-refractivity contribution in [3.05, 3.63) is 23.2 Å². The molecule has 0 aliphatic heterocycles. The molecule has 0 unspecified atom stereocenters. The molecule has 166 valence electrons. The van der Waals surface area contributed by atoms with Crippen molar-refractivity contribution in [3.63, 3.8) is 0 Å². The van der Waals surface area contributed by atoms with Crippen LogP contribution >= 0.6 is 11.6 Å². The SMILES string of the molecule is CC(=O)NC1(C(=O)OCC(=O)Nc2ccc(Cl)c(S(=O)(=O)N(C)C)c2)CCCCC1. The van der Waals surface area contributed by atoms with Crippen LogP contribution in [0, 0.1) is 0 Å². The molecular weight excluding hydrogens is 434 g/mol. The van der Waals surface area contributed by atoms with E-state index in [0.29, 0.717) is 12.8 Å². The molecule has 1 saturated carbocycles. The van der Waals surface area contributed by atoms with Gasteiger partial charge in [0.25, 0.3) is 5.91 Å². The molecule has 1 aromatic carbocycles. The molecule has 2 rings (SSSR count). The Balaban J connectivity index is 2.05. The standard InChI is InChI=1S/C19H26ClN3O6S/c1-13(24)22-19(9-5-4-6-10-19)18(26)29-12-17(25)21-14-7-8-15(20)16(11-14)30(27,28)23(2)3/h7-8,11H,4-6,9-10,12H2,1-3H3,(H,21,25)(H,22,24). The molecular formula is C19H26ClN3O6S. The Kier molecular flexibility index (Phi) is 7.84. The quantitative estimate of drug-likeness (QED) is 0.600. The molecule has 0 saturated heterocycles. The summed E-state index contributed by atoms with van der Waals surface area (Å²) in [7, 11) is -1.07. The van der Waals surface area contributed by atoms with Crippen molar-refractivity contribution in [1.82, 2.24) is 9.62 Å². The second kappa shape index (κ2) is 9.76. The van der Waals surface area contributed by atoms with Crippen molar-refractivity contribution in [2.75, 3.05) is 26.0 Å². The van der Waals surface area contributed by atoms with Crippen LogP contribution in [-0.2, 0) is 29.1 Å². The Bertz CT molecular complexity index is 926.